The third-order valence-corrected chi connectivity index (χ3v) is 2.90. The van der Waals surface area contributed by atoms with Gasteiger partial charge < -0.3 is 14.8 Å². The number of rotatable bonds is 5. The zero-order chi connectivity index (χ0) is 14.5. The SMILES string of the molecule is COc1ccc(C(C)NC(=O)c2cn[nH]n2)cc1OC. The number of nitrogens with one attached hydrogen (secondary N) is 2. The van der Waals surface area contributed by atoms with Crippen molar-refractivity contribution in [2.24, 2.45) is 0 Å². The predicted octanol–water partition coefficient (Wildman–Crippen LogP) is 1.31. The van der Waals surface area contributed by atoms with Crippen molar-refractivity contribution < 1.29 is 14.3 Å². The molecule has 0 aliphatic heterocycles. The lowest BCUT2D eigenvalue weighted by atomic mass is 10.1. The van der Waals surface area contributed by atoms with Crippen molar-refractivity contribution in [3.05, 3.63) is 35.7 Å². The number of carbonyl (C=O) groups is 1. The van der Waals surface area contributed by atoms with Gasteiger partial charge in [-0.25, -0.2) is 0 Å². The van der Waals surface area contributed by atoms with Crippen LogP contribution in [-0.2, 0) is 0 Å². The average molecular weight is 276 g/mol. The highest BCUT2D eigenvalue weighted by atomic mass is 16.5. The summed E-state index contributed by atoms with van der Waals surface area (Å²) in [6.07, 6.45) is 1.37. The Morgan fingerprint density at radius 2 is 2.05 bits per heavy atom. The second-order valence-electron chi connectivity index (χ2n) is 4.16. The Morgan fingerprint density at radius 3 is 2.65 bits per heavy atom. The van der Waals surface area contributed by atoms with Gasteiger partial charge >= 0.3 is 0 Å². The highest BCUT2D eigenvalue weighted by molar-refractivity contribution is 5.92. The summed E-state index contributed by atoms with van der Waals surface area (Å²) in [4.78, 5) is 11.9. The molecule has 0 spiro atoms. The predicted molar refractivity (Wildman–Crippen MR) is 71.8 cm³/mol. The smallest absolute Gasteiger partial charge is 0.273 e. The van der Waals surface area contributed by atoms with Gasteiger partial charge in [-0.3, -0.25) is 4.79 Å². The highest BCUT2D eigenvalue weighted by Gasteiger charge is 2.15. The van der Waals surface area contributed by atoms with E-state index in [1.54, 1.807) is 20.3 Å². The van der Waals surface area contributed by atoms with E-state index in [0.29, 0.717) is 11.5 Å². The van der Waals surface area contributed by atoms with Crippen LogP contribution >= 0.6 is 0 Å². The number of carbonyl (C=O) groups excluding carboxylic acids is 1. The number of hydrogen-bond donors (Lipinski definition) is 2. The van der Waals surface area contributed by atoms with Crippen LogP contribution in [0.2, 0.25) is 0 Å². The molecule has 0 aliphatic rings. The van der Waals surface area contributed by atoms with Crippen LogP contribution in [0, 0.1) is 0 Å². The number of aromatic nitrogens is 3. The molecule has 0 saturated carbocycles. The molecule has 1 aromatic heterocycles. The summed E-state index contributed by atoms with van der Waals surface area (Å²) in [5, 5.41) is 12.6. The van der Waals surface area contributed by atoms with Gasteiger partial charge in [0.1, 0.15) is 0 Å². The van der Waals surface area contributed by atoms with Crippen molar-refractivity contribution in [3.8, 4) is 11.5 Å². The Kier molecular flexibility index (Phi) is 4.19. The molecular formula is C13H16N4O3. The van der Waals surface area contributed by atoms with E-state index in [4.69, 9.17) is 9.47 Å². The first-order valence-electron chi connectivity index (χ1n) is 6.04. The summed E-state index contributed by atoms with van der Waals surface area (Å²) in [6.45, 7) is 1.87. The summed E-state index contributed by atoms with van der Waals surface area (Å²) < 4.78 is 10.4. The summed E-state index contributed by atoms with van der Waals surface area (Å²) in [6, 6.07) is 5.30. The molecule has 7 heteroatoms. The standard InChI is InChI=1S/C13H16N4O3/c1-8(15-13(18)10-7-14-17-16-10)9-4-5-11(19-2)12(6-9)20-3/h4-8H,1-3H3,(H,15,18)(H,14,16,17). The van der Waals surface area contributed by atoms with E-state index in [0.717, 1.165) is 5.56 Å². The second-order valence-corrected chi connectivity index (χ2v) is 4.16. The third kappa shape index (κ3) is 2.87. The van der Waals surface area contributed by atoms with Gasteiger partial charge in [-0.1, -0.05) is 6.07 Å². The van der Waals surface area contributed by atoms with E-state index < -0.39 is 0 Å². The van der Waals surface area contributed by atoms with Gasteiger partial charge in [-0.05, 0) is 24.6 Å². The fraction of sp³-hybridized carbons (Fsp3) is 0.308. The fourth-order valence-corrected chi connectivity index (χ4v) is 1.79. The summed E-state index contributed by atoms with van der Waals surface area (Å²) >= 11 is 0. The van der Waals surface area contributed by atoms with Crippen LogP contribution in [-0.4, -0.2) is 35.5 Å². The lowest BCUT2D eigenvalue weighted by Crippen LogP contribution is -2.27. The van der Waals surface area contributed by atoms with Crippen molar-refractivity contribution in [2.75, 3.05) is 14.2 Å². The van der Waals surface area contributed by atoms with Crippen LogP contribution in [0.25, 0.3) is 0 Å². The maximum absolute atomic E-state index is 11.9. The normalized spacial score (nSPS) is 11.8. The number of aromatic amines is 1. The Bertz CT molecular complexity index is 583. The first-order chi connectivity index (χ1) is 9.65. The van der Waals surface area contributed by atoms with Crippen molar-refractivity contribution >= 4 is 5.91 Å². The molecule has 2 N–H and O–H groups in total. The first-order valence-corrected chi connectivity index (χ1v) is 6.04. The largest absolute Gasteiger partial charge is 0.493 e. The molecule has 1 atom stereocenters. The van der Waals surface area contributed by atoms with Gasteiger partial charge in [0, 0.05) is 0 Å². The molecule has 2 rings (SSSR count). The van der Waals surface area contributed by atoms with Gasteiger partial charge in [0.25, 0.3) is 5.91 Å². The van der Waals surface area contributed by atoms with E-state index in [2.05, 4.69) is 20.7 Å². The number of hydrogen-bond acceptors (Lipinski definition) is 5. The van der Waals surface area contributed by atoms with Crippen LogP contribution in [0.5, 0.6) is 11.5 Å². The minimum atomic E-state index is -0.291. The Labute approximate surface area is 116 Å². The van der Waals surface area contributed by atoms with Crippen molar-refractivity contribution in [1.29, 1.82) is 0 Å². The molecule has 0 saturated heterocycles. The minimum Gasteiger partial charge on any atom is -0.493 e. The van der Waals surface area contributed by atoms with Crippen molar-refractivity contribution in [3.63, 3.8) is 0 Å². The van der Waals surface area contributed by atoms with E-state index in [1.807, 2.05) is 19.1 Å². The van der Waals surface area contributed by atoms with Gasteiger partial charge in [0.2, 0.25) is 0 Å². The summed E-state index contributed by atoms with van der Waals surface area (Å²) in [5.74, 6) is 0.972. The number of benzene rings is 1. The van der Waals surface area contributed by atoms with Crippen LogP contribution < -0.4 is 14.8 Å². The molecule has 2 aromatic rings. The number of amides is 1. The molecule has 1 unspecified atom stereocenters. The van der Waals surface area contributed by atoms with Gasteiger partial charge in [-0.2, -0.15) is 15.4 Å². The minimum absolute atomic E-state index is 0.195. The number of methoxy groups -OCH3 is 2. The van der Waals surface area contributed by atoms with E-state index in [1.165, 1.54) is 6.20 Å². The molecule has 0 aliphatic carbocycles. The lowest BCUT2D eigenvalue weighted by molar-refractivity contribution is 0.0934. The van der Waals surface area contributed by atoms with E-state index in [-0.39, 0.29) is 17.6 Å². The Hall–Kier alpha value is -2.57. The van der Waals surface area contributed by atoms with Gasteiger partial charge in [0.05, 0.1) is 26.5 Å². The molecule has 1 heterocycles. The number of ether oxygens (including phenoxy) is 2. The number of nitrogens with zero attached hydrogens (tertiary/aromatic N) is 2. The van der Waals surface area contributed by atoms with Crippen LogP contribution in [0.1, 0.15) is 29.0 Å². The van der Waals surface area contributed by atoms with Gasteiger partial charge in [0.15, 0.2) is 17.2 Å². The fourth-order valence-electron chi connectivity index (χ4n) is 1.79. The molecule has 0 radical (unpaired) electrons. The number of H-pyrrole nitrogens is 1. The van der Waals surface area contributed by atoms with Crippen LogP contribution in [0.4, 0.5) is 0 Å². The zero-order valence-electron chi connectivity index (χ0n) is 11.5. The molecule has 7 nitrogen and oxygen atoms in total. The zero-order valence-corrected chi connectivity index (χ0v) is 11.5. The first kappa shape index (κ1) is 13.9. The van der Waals surface area contributed by atoms with Crippen LogP contribution in [0.3, 0.4) is 0 Å². The van der Waals surface area contributed by atoms with Crippen molar-refractivity contribution in [1.82, 2.24) is 20.7 Å². The Morgan fingerprint density at radius 1 is 1.30 bits per heavy atom. The maximum Gasteiger partial charge on any atom is 0.273 e. The maximum atomic E-state index is 11.9. The summed E-state index contributed by atoms with van der Waals surface area (Å²) in [7, 11) is 3.15. The highest BCUT2D eigenvalue weighted by Crippen LogP contribution is 2.29. The van der Waals surface area contributed by atoms with E-state index >= 15 is 0 Å². The molecule has 0 bridgehead atoms. The monoisotopic (exact) mass is 276 g/mol. The van der Waals surface area contributed by atoms with Crippen LogP contribution in [0.15, 0.2) is 24.4 Å². The third-order valence-electron chi connectivity index (χ3n) is 2.90. The average Bonchev–Trinajstić information content (AvgIpc) is 3.00. The molecule has 20 heavy (non-hydrogen) atoms. The molecule has 106 valence electrons. The second kappa shape index (κ2) is 6.05. The van der Waals surface area contributed by atoms with E-state index in [9.17, 15) is 4.79 Å². The Balaban J connectivity index is 2.13. The van der Waals surface area contributed by atoms with Crippen molar-refractivity contribution in [2.45, 2.75) is 13.0 Å². The van der Waals surface area contributed by atoms with Gasteiger partial charge in [-0.15, -0.1) is 0 Å². The summed E-state index contributed by atoms with van der Waals surface area (Å²) in [5.41, 5.74) is 1.15. The topological polar surface area (TPSA) is 89.1 Å². The molecule has 0 fully saturated rings. The lowest BCUT2D eigenvalue weighted by Gasteiger charge is -2.15. The molecule has 1 aromatic carbocycles. The quantitative estimate of drug-likeness (QED) is 0.859. The molecular weight excluding hydrogens is 260 g/mol. The molecule has 1 amide bonds.